The zero-order valence-corrected chi connectivity index (χ0v) is 4.55. The van der Waals surface area contributed by atoms with Gasteiger partial charge in [0.1, 0.15) is 6.23 Å². The third-order valence-corrected chi connectivity index (χ3v) is 0.411. The lowest BCUT2D eigenvalue weighted by atomic mass is 10.7. The predicted molar refractivity (Wildman–Crippen MR) is 27.5 cm³/mol. The molecule has 1 amide bonds. The maximum atomic E-state index is 10.1. The Labute approximate surface area is 46.9 Å². The summed E-state index contributed by atoms with van der Waals surface area (Å²) in [5.41, 5.74) is 6.79. The highest BCUT2D eigenvalue weighted by Crippen LogP contribution is 1.77. The average Bonchev–Trinajstić information content (AvgIpc) is 1.65. The zero-order chi connectivity index (χ0) is 6.57. The average molecular weight is 119 g/mol. The molecule has 5 N–H and O–H groups in total. The van der Waals surface area contributed by atoms with Crippen molar-refractivity contribution in [2.24, 2.45) is 11.6 Å². The van der Waals surface area contributed by atoms with E-state index in [0.29, 0.717) is 0 Å². The molecule has 8 heavy (non-hydrogen) atoms. The van der Waals surface area contributed by atoms with Gasteiger partial charge in [-0.25, -0.2) is 10.6 Å². The van der Waals surface area contributed by atoms with E-state index in [0.717, 1.165) is 0 Å². The SMILES string of the molecule is CC(N)OC(=O)NN. The first-order chi connectivity index (χ1) is 3.66. The third kappa shape index (κ3) is 3.38. The molecule has 0 rings (SSSR count). The Morgan fingerprint density at radius 2 is 2.38 bits per heavy atom. The van der Waals surface area contributed by atoms with Crippen LogP contribution in [0.1, 0.15) is 6.92 Å². The van der Waals surface area contributed by atoms with E-state index in [4.69, 9.17) is 5.73 Å². The molecule has 0 saturated carbocycles. The van der Waals surface area contributed by atoms with Gasteiger partial charge in [-0.3, -0.25) is 11.2 Å². The molecule has 0 aliphatic rings. The maximum Gasteiger partial charge on any atom is 0.422 e. The number of hydrogen-bond acceptors (Lipinski definition) is 4. The lowest BCUT2D eigenvalue weighted by molar-refractivity contribution is 0.110. The number of rotatable bonds is 1. The van der Waals surface area contributed by atoms with Crippen molar-refractivity contribution >= 4 is 6.09 Å². The predicted octanol–water partition coefficient (Wildman–Crippen LogP) is -1.11. The topological polar surface area (TPSA) is 90.4 Å². The Hall–Kier alpha value is -0.810. The molecular weight excluding hydrogens is 110 g/mol. The van der Waals surface area contributed by atoms with Crippen LogP contribution < -0.4 is 17.0 Å². The van der Waals surface area contributed by atoms with E-state index in [2.05, 4.69) is 10.6 Å². The van der Waals surface area contributed by atoms with Gasteiger partial charge in [0, 0.05) is 0 Å². The number of hydrazine groups is 1. The smallest absolute Gasteiger partial charge is 0.422 e. The fourth-order valence-corrected chi connectivity index (χ4v) is 0.203. The molecule has 0 heterocycles. The number of nitrogens with two attached hydrogens (primary N) is 2. The lowest BCUT2D eigenvalue weighted by Gasteiger charge is -2.04. The van der Waals surface area contributed by atoms with Gasteiger partial charge in [0.2, 0.25) is 0 Å². The number of nitrogens with one attached hydrogen (secondary N) is 1. The van der Waals surface area contributed by atoms with Crippen LogP contribution in [0.3, 0.4) is 0 Å². The first-order valence-electron chi connectivity index (χ1n) is 2.09. The van der Waals surface area contributed by atoms with Gasteiger partial charge in [0.15, 0.2) is 0 Å². The molecule has 0 aliphatic heterocycles. The van der Waals surface area contributed by atoms with Crippen LogP contribution in [0.4, 0.5) is 4.79 Å². The third-order valence-electron chi connectivity index (χ3n) is 0.411. The highest BCUT2D eigenvalue weighted by atomic mass is 16.6. The Morgan fingerprint density at radius 3 is 2.50 bits per heavy atom. The van der Waals surface area contributed by atoms with Crippen LogP contribution in [-0.4, -0.2) is 12.3 Å². The molecule has 0 aromatic carbocycles. The van der Waals surface area contributed by atoms with Crippen molar-refractivity contribution in [1.29, 1.82) is 0 Å². The molecule has 1 unspecified atom stereocenters. The van der Waals surface area contributed by atoms with Crippen LogP contribution in [0.2, 0.25) is 0 Å². The van der Waals surface area contributed by atoms with Crippen molar-refractivity contribution in [1.82, 2.24) is 5.43 Å². The quantitative estimate of drug-likeness (QED) is 0.177. The summed E-state index contributed by atoms with van der Waals surface area (Å²) >= 11 is 0. The first-order valence-corrected chi connectivity index (χ1v) is 2.09. The van der Waals surface area contributed by atoms with Crippen LogP contribution in [0.5, 0.6) is 0 Å². The molecular formula is C3H9N3O2. The fraction of sp³-hybridized carbons (Fsp3) is 0.667. The number of carbonyl (C=O) groups excluding carboxylic acids is 1. The standard InChI is InChI=1S/C3H9N3O2/c1-2(4)8-3(7)6-5/h2H,4-5H2,1H3,(H,6,7). The van der Waals surface area contributed by atoms with Gasteiger partial charge in [-0.05, 0) is 6.92 Å². The minimum atomic E-state index is -0.722. The van der Waals surface area contributed by atoms with E-state index >= 15 is 0 Å². The molecule has 0 saturated heterocycles. The molecule has 0 aromatic heterocycles. The van der Waals surface area contributed by atoms with E-state index in [-0.39, 0.29) is 0 Å². The molecule has 48 valence electrons. The van der Waals surface area contributed by atoms with Gasteiger partial charge < -0.3 is 4.74 Å². The number of amides is 1. The van der Waals surface area contributed by atoms with Gasteiger partial charge in [-0.15, -0.1) is 0 Å². The van der Waals surface area contributed by atoms with Crippen molar-refractivity contribution in [3.8, 4) is 0 Å². The summed E-state index contributed by atoms with van der Waals surface area (Å²) in [6, 6.07) is 0. The summed E-state index contributed by atoms with van der Waals surface area (Å²) in [4.78, 5) is 10.1. The minimum Gasteiger partial charge on any atom is -0.430 e. The molecule has 0 bridgehead atoms. The second-order valence-electron chi connectivity index (χ2n) is 1.25. The summed E-state index contributed by atoms with van der Waals surface area (Å²) in [5.74, 6) is 4.64. The first kappa shape index (κ1) is 7.19. The minimum absolute atomic E-state index is 0.612. The Kier molecular flexibility index (Phi) is 2.90. The van der Waals surface area contributed by atoms with Crippen LogP contribution in [0, 0.1) is 0 Å². The molecule has 0 fully saturated rings. The fourth-order valence-electron chi connectivity index (χ4n) is 0.203. The summed E-state index contributed by atoms with van der Waals surface area (Å²) < 4.78 is 4.30. The van der Waals surface area contributed by atoms with Crippen molar-refractivity contribution in [3.63, 3.8) is 0 Å². The highest BCUT2D eigenvalue weighted by Gasteiger charge is 1.99. The van der Waals surface area contributed by atoms with E-state index in [1.165, 1.54) is 6.92 Å². The van der Waals surface area contributed by atoms with Crippen LogP contribution >= 0.6 is 0 Å². The van der Waals surface area contributed by atoms with Crippen LogP contribution in [-0.2, 0) is 4.74 Å². The summed E-state index contributed by atoms with van der Waals surface area (Å²) in [6.07, 6.45) is -1.33. The molecule has 5 heteroatoms. The number of ether oxygens (including phenoxy) is 1. The molecule has 1 atom stereocenters. The van der Waals surface area contributed by atoms with Gasteiger partial charge >= 0.3 is 6.09 Å². The Bertz CT molecular complexity index is 82.6. The van der Waals surface area contributed by atoms with E-state index in [1.54, 1.807) is 5.43 Å². The van der Waals surface area contributed by atoms with Gasteiger partial charge in [-0.1, -0.05) is 0 Å². The normalized spacial score (nSPS) is 12.4. The second kappa shape index (κ2) is 3.23. The Balaban J connectivity index is 3.25. The van der Waals surface area contributed by atoms with E-state index < -0.39 is 12.3 Å². The number of carbonyl (C=O) groups is 1. The summed E-state index contributed by atoms with van der Waals surface area (Å²) in [7, 11) is 0. The van der Waals surface area contributed by atoms with Crippen LogP contribution in [0.25, 0.3) is 0 Å². The molecule has 0 aromatic rings. The van der Waals surface area contributed by atoms with E-state index in [1.807, 2.05) is 0 Å². The molecule has 0 aliphatic carbocycles. The maximum absolute atomic E-state index is 10.1. The lowest BCUT2D eigenvalue weighted by Crippen LogP contribution is -2.35. The van der Waals surface area contributed by atoms with Gasteiger partial charge in [0.25, 0.3) is 0 Å². The molecule has 0 radical (unpaired) electrons. The zero-order valence-electron chi connectivity index (χ0n) is 4.55. The van der Waals surface area contributed by atoms with Crippen molar-refractivity contribution in [2.75, 3.05) is 0 Å². The molecule has 0 spiro atoms. The van der Waals surface area contributed by atoms with Gasteiger partial charge in [-0.2, -0.15) is 0 Å². The highest BCUT2D eigenvalue weighted by molar-refractivity contribution is 5.66. The largest absolute Gasteiger partial charge is 0.430 e. The second-order valence-corrected chi connectivity index (χ2v) is 1.25. The monoisotopic (exact) mass is 119 g/mol. The summed E-state index contributed by atoms with van der Waals surface area (Å²) in [5, 5.41) is 0. The summed E-state index contributed by atoms with van der Waals surface area (Å²) in [6.45, 7) is 1.52. The van der Waals surface area contributed by atoms with Crippen molar-refractivity contribution in [2.45, 2.75) is 13.2 Å². The van der Waals surface area contributed by atoms with Crippen molar-refractivity contribution < 1.29 is 9.53 Å². The van der Waals surface area contributed by atoms with Crippen LogP contribution in [0.15, 0.2) is 0 Å². The van der Waals surface area contributed by atoms with Gasteiger partial charge in [0.05, 0.1) is 0 Å². The Morgan fingerprint density at radius 1 is 1.88 bits per heavy atom. The number of hydrogen-bond donors (Lipinski definition) is 3. The van der Waals surface area contributed by atoms with Crippen molar-refractivity contribution in [3.05, 3.63) is 0 Å². The molecule has 5 nitrogen and oxygen atoms in total. The van der Waals surface area contributed by atoms with E-state index in [9.17, 15) is 4.79 Å².